The third-order valence-electron chi connectivity index (χ3n) is 3.70. The smallest absolute Gasteiger partial charge is 0.0647 e. The molecule has 0 amide bonds. The van der Waals surface area contributed by atoms with E-state index in [0.29, 0.717) is 0 Å². The van der Waals surface area contributed by atoms with Gasteiger partial charge >= 0.3 is 0 Å². The first-order valence-corrected chi connectivity index (χ1v) is 7.34. The summed E-state index contributed by atoms with van der Waals surface area (Å²) in [5.41, 5.74) is 4.76. The summed E-state index contributed by atoms with van der Waals surface area (Å²) in [6.45, 7) is 10.4. The fourth-order valence-corrected chi connectivity index (χ4v) is 2.68. The average molecular weight is 275 g/mol. The van der Waals surface area contributed by atoms with E-state index in [-0.39, 0.29) is 6.04 Å². The number of aryl methyl sites for hydroxylation is 3. The normalized spacial score (nSPS) is 12.8. The minimum atomic E-state index is 0.166. The highest BCUT2D eigenvalue weighted by Crippen LogP contribution is 2.27. The Labute approximate surface area is 121 Å². The monoisotopic (exact) mass is 275 g/mol. The van der Waals surface area contributed by atoms with Gasteiger partial charge in [0.1, 0.15) is 0 Å². The fraction of sp³-hybridized carbons (Fsp3) is 0.600. The van der Waals surface area contributed by atoms with Gasteiger partial charge in [-0.05, 0) is 26.8 Å². The second kappa shape index (κ2) is 6.22. The predicted molar refractivity (Wildman–Crippen MR) is 80.7 cm³/mol. The maximum Gasteiger partial charge on any atom is 0.0647 e. The second-order valence-corrected chi connectivity index (χ2v) is 5.24. The van der Waals surface area contributed by atoms with Crippen LogP contribution in [-0.4, -0.2) is 26.1 Å². The van der Waals surface area contributed by atoms with Crippen molar-refractivity contribution in [3.63, 3.8) is 0 Å². The van der Waals surface area contributed by atoms with Crippen molar-refractivity contribution in [2.75, 3.05) is 6.54 Å². The molecule has 0 bridgehead atoms. The Morgan fingerprint density at radius 2 is 2.05 bits per heavy atom. The first kappa shape index (κ1) is 14.8. The minimum Gasteiger partial charge on any atom is -0.306 e. The van der Waals surface area contributed by atoms with E-state index in [1.807, 2.05) is 22.6 Å². The molecule has 5 heteroatoms. The van der Waals surface area contributed by atoms with Gasteiger partial charge in [0.15, 0.2) is 0 Å². The van der Waals surface area contributed by atoms with Crippen LogP contribution in [0.3, 0.4) is 0 Å². The summed E-state index contributed by atoms with van der Waals surface area (Å²) in [6.07, 6.45) is 5.20. The minimum absolute atomic E-state index is 0.166. The van der Waals surface area contributed by atoms with Gasteiger partial charge < -0.3 is 5.32 Å². The van der Waals surface area contributed by atoms with Gasteiger partial charge in [0.05, 0.1) is 17.9 Å². The van der Waals surface area contributed by atoms with Gasteiger partial charge in [-0.25, -0.2) is 0 Å². The summed E-state index contributed by atoms with van der Waals surface area (Å²) in [5, 5.41) is 12.5. The Bertz CT molecular complexity index is 567. The molecule has 0 saturated carbocycles. The lowest BCUT2D eigenvalue weighted by molar-refractivity contribution is 0.596. The molecule has 0 fully saturated rings. The molecule has 110 valence electrons. The number of rotatable bonds is 6. The summed E-state index contributed by atoms with van der Waals surface area (Å²) in [7, 11) is 2.00. The Hall–Kier alpha value is -1.62. The lowest BCUT2D eigenvalue weighted by Gasteiger charge is -2.17. The SMILES string of the molecule is CCCn1cc(C(NCC)c2c(C)nn(C)c2C)cn1. The lowest BCUT2D eigenvalue weighted by Crippen LogP contribution is -2.23. The van der Waals surface area contributed by atoms with Crippen LogP contribution in [0.15, 0.2) is 12.4 Å². The van der Waals surface area contributed by atoms with E-state index in [2.05, 4.69) is 49.4 Å². The third-order valence-corrected chi connectivity index (χ3v) is 3.70. The standard InChI is InChI=1S/C15H25N5/c1-6-8-20-10-13(9-17-20)15(16-7-2)14-11(3)18-19(5)12(14)4/h9-10,15-16H,6-8H2,1-5H3. The van der Waals surface area contributed by atoms with Crippen molar-refractivity contribution in [3.8, 4) is 0 Å². The Kier molecular flexibility index (Phi) is 4.60. The van der Waals surface area contributed by atoms with Crippen molar-refractivity contribution in [1.29, 1.82) is 0 Å². The maximum atomic E-state index is 4.53. The van der Waals surface area contributed by atoms with E-state index in [1.165, 1.54) is 16.8 Å². The topological polar surface area (TPSA) is 47.7 Å². The fourth-order valence-electron chi connectivity index (χ4n) is 2.68. The van der Waals surface area contributed by atoms with Crippen molar-refractivity contribution in [3.05, 3.63) is 34.9 Å². The summed E-state index contributed by atoms with van der Waals surface area (Å²) < 4.78 is 3.96. The Balaban J connectivity index is 2.39. The molecule has 0 spiro atoms. The summed E-state index contributed by atoms with van der Waals surface area (Å²) >= 11 is 0. The van der Waals surface area contributed by atoms with Crippen molar-refractivity contribution in [2.45, 2.75) is 46.7 Å². The highest BCUT2D eigenvalue weighted by atomic mass is 15.3. The molecule has 20 heavy (non-hydrogen) atoms. The van der Waals surface area contributed by atoms with Crippen LogP contribution in [0, 0.1) is 13.8 Å². The molecule has 0 aliphatic carbocycles. The molecule has 2 rings (SSSR count). The molecule has 1 unspecified atom stereocenters. The summed E-state index contributed by atoms with van der Waals surface area (Å²) in [4.78, 5) is 0. The molecule has 0 aromatic carbocycles. The quantitative estimate of drug-likeness (QED) is 0.880. The van der Waals surface area contributed by atoms with Crippen molar-refractivity contribution >= 4 is 0 Å². The molecular weight excluding hydrogens is 250 g/mol. The van der Waals surface area contributed by atoms with Crippen LogP contribution in [-0.2, 0) is 13.6 Å². The van der Waals surface area contributed by atoms with E-state index in [1.54, 1.807) is 0 Å². The van der Waals surface area contributed by atoms with Gasteiger partial charge in [0.2, 0.25) is 0 Å². The lowest BCUT2D eigenvalue weighted by atomic mass is 9.99. The van der Waals surface area contributed by atoms with E-state index < -0.39 is 0 Å². The van der Waals surface area contributed by atoms with Gasteiger partial charge in [-0.15, -0.1) is 0 Å². The van der Waals surface area contributed by atoms with Crippen LogP contribution in [0.5, 0.6) is 0 Å². The molecule has 2 heterocycles. The van der Waals surface area contributed by atoms with Crippen LogP contribution >= 0.6 is 0 Å². The maximum absolute atomic E-state index is 4.53. The number of nitrogens with one attached hydrogen (secondary N) is 1. The molecule has 5 nitrogen and oxygen atoms in total. The third kappa shape index (κ3) is 2.77. The van der Waals surface area contributed by atoms with Crippen molar-refractivity contribution in [2.24, 2.45) is 7.05 Å². The van der Waals surface area contributed by atoms with Crippen LogP contribution in [0.25, 0.3) is 0 Å². The highest BCUT2D eigenvalue weighted by molar-refractivity contribution is 5.35. The first-order chi connectivity index (χ1) is 9.58. The Morgan fingerprint density at radius 3 is 2.60 bits per heavy atom. The average Bonchev–Trinajstić information content (AvgIpc) is 2.95. The van der Waals surface area contributed by atoms with E-state index >= 15 is 0 Å². The van der Waals surface area contributed by atoms with Crippen molar-refractivity contribution < 1.29 is 0 Å². The largest absolute Gasteiger partial charge is 0.306 e. The van der Waals surface area contributed by atoms with Crippen LogP contribution in [0.4, 0.5) is 0 Å². The van der Waals surface area contributed by atoms with E-state index in [0.717, 1.165) is 25.2 Å². The molecule has 1 atom stereocenters. The van der Waals surface area contributed by atoms with Gasteiger partial charge in [-0.2, -0.15) is 10.2 Å². The Morgan fingerprint density at radius 1 is 1.30 bits per heavy atom. The molecular formula is C15H25N5. The molecule has 2 aromatic rings. The van der Waals surface area contributed by atoms with Crippen LogP contribution < -0.4 is 5.32 Å². The number of nitrogens with zero attached hydrogens (tertiary/aromatic N) is 4. The predicted octanol–water partition coefficient (Wildman–Crippen LogP) is 2.34. The number of hydrogen-bond acceptors (Lipinski definition) is 3. The number of hydrogen-bond donors (Lipinski definition) is 1. The summed E-state index contributed by atoms with van der Waals surface area (Å²) in [6, 6.07) is 0.166. The first-order valence-electron chi connectivity index (χ1n) is 7.34. The van der Waals surface area contributed by atoms with Gasteiger partial charge in [-0.3, -0.25) is 9.36 Å². The van der Waals surface area contributed by atoms with Gasteiger partial charge in [0.25, 0.3) is 0 Å². The molecule has 0 aliphatic rings. The molecule has 2 aromatic heterocycles. The van der Waals surface area contributed by atoms with Gasteiger partial charge in [0, 0.05) is 36.6 Å². The molecule has 0 saturated heterocycles. The summed E-state index contributed by atoms with van der Waals surface area (Å²) in [5.74, 6) is 0. The van der Waals surface area contributed by atoms with E-state index in [9.17, 15) is 0 Å². The van der Waals surface area contributed by atoms with Gasteiger partial charge in [-0.1, -0.05) is 13.8 Å². The zero-order valence-corrected chi connectivity index (χ0v) is 13.1. The second-order valence-electron chi connectivity index (χ2n) is 5.24. The van der Waals surface area contributed by atoms with E-state index in [4.69, 9.17) is 0 Å². The number of aromatic nitrogens is 4. The van der Waals surface area contributed by atoms with Crippen LogP contribution in [0.1, 0.15) is 48.8 Å². The molecule has 0 aliphatic heterocycles. The van der Waals surface area contributed by atoms with Crippen molar-refractivity contribution in [1.82, 2.24) is 24.9 Å². The molecule has 1 N–H and O–H groups in total. The zero-order chi connectivity index (χ0) is 14.7. The molecule has 0 radical (unpaired) electrons. The highest BCUT2D eigenvalue weighted by Gasteiger charge is 2.22. The van der Waals surface area contributed by atoms with Crippen LogP contribution in [0.2, 0.25) is 0 Å². The zero-order valence-electron chi connectivity index (χ0n) is 13.1.